The van der Waals surface area contributed by atoms with Crippen molar-refractivity contribution in [1.29, 1.82) is 0 Å². The number of nitrogens with one attached hydrogen (secondary N) is 1. The van der Waals surface area contributed by atoms with E-state index in [2.05, 4.69) is 26.1 Å². The summed E-state index contributed by atoms with van der Waals surface area (Å²) in [5.41, 5.74) is 0.695. The summed E-state index contributed by atoms with van der Waals surface area (Å²) in [7, 11) is 0. The van der Waals surface area contributed by atoms with E-state index in [-0.39, 0.29) is 0 Å². The van der Waals surface area contributed by atoms with Gasteiger partial charge in [0.2, 0.25) is 0 Å². The highest BCUT2D eigenvalue weighted by Gasteiger charge is 2.30. The molecule has 2 N–H and O–H groups in total. The molecule has 88 valence electrons. The van der Waals surface area contributed by atoms with Gasteiger partial charge in [-0.1, -0.05) is 18.6 Å². The van der Waals surface area contributed by atoms with Crippen molar-refractivity contribution in [1.82, 2.24) is 5.32 Å². The lowest BCUT2D eigenvalue weighted by molar-refractivity contribution is 0.0412. The number of hydrogen-bond donors (Lipinski definition) is 2. The van der Waals surface area contributed by atoms with E-state index in [1.165, 1.54) is 12.0 Å². The molecule has 1 rings (SSSR count). The first-order chi connectivity index (χ1) is 7.06. The molecule has 0 saturated heterocycles. The minimum absolute atomic E-state index is 0.525. The molecule has 2 nitrogen and oxygen atoms in total. The molecule has 1 fully saturated rings. The van der Waals surface area contributed by atoms with E-state index >= 15 is 0 Å². The number of aliphatic hydroxyl groups is 1. The van der Waals surface area contributed by atoms with Crippen LogP contribution in [-0.2, 0) is 0 Å². The second kappa shape index (κ2) is 5.66. The standard InChI is InChI=1S/C13H25NO/c1-4-9-14-12-5-7-13(15,8-6-12)10-11(2)3/h10,12,14-15H,4-9H2,1-3H3. The van der Waals surface area contributed by atoms with Crippen LogP contribution in [0.1, 0.15) is 52.9 Å². The predicted octanol–water partition coefficient (Wildman–Crippen LogP) is 2.63. The van der Waals surface area contributed by atoms with Gasteiger partial charge in [0.25, 0.3) is 0 Å². The molecular weight excluding hydrogens is 186 g/mol. The van der Waals surface area contributed by atoms with Crippen LogP contribution in [0.15, 0.2) is 11.6 Å². The second-order valence-corrected chi connectivity index (χ2v) is 5.05. The molecule has 0 aromatic heterocycles. The molecule has 15 heavy (non-hydrogen) atoms. The molecule has 0 heterocycles. The maximum atomic E-state index is 10.3. The summed E-state index contributed by atoms with van der Waals surface area (Å²) in [4.78, 5) is 0. The number of hydrogen-bond acceptors (Lipinski definition) is 2. The molecule has 0 aromatic rings. The van der Waals surface area contributed by atoms with Crippen LogP contribution in [-0.4, -0.2) is 23.3 Å². The maximum absolute atomic E-state index is 10.3. The lowest BCUT2D eigenvalue weighted by atomic mass is 9.81. The Kier molecular flexibility index (Phi) is 4.81. The Balaban J connectivity index is 2.37. The lowest BCUT2D eigenvalue weighted by Crippen LogP contribution is -2.40. The van der Waals surface area contributed by atoms with Crippen LogP contribution in [0.4, 0.5) is 0 Å². The molecular formula is C13H25NO. The van der Waals surface area contributed by atoms with Gasteiger partial charge < -0.3 is 10.4 Å². The first-order valence-corrected chi connectivity index (χ1v) is 6.17. The van der Waals surface area contributed by atoms with E-state index in [9.17, 15) is 5.11 Å². The zero-order valence-electron chi connectivity index (χ0n) is 10.3. The Bertz CT molecular complexity index is 211. The van der Waals surface area contributed by atoms with Crippen LogP contribution in [0.5, 0.6) is 0 Å². The van der Waals surface area contributed by atoms with Crippen LogP contribution in [0.25, 0.3) is 0 Å². The van der Waals surface area contributed by atoms with Crippen LogP contribution >= 0.6 is 0 Å². The average molecular weight is 211 g/mol. The van der Waals surface area contributed by atoms with Gasteiger partial charge in [-0.3, -0.25) is 0 Å². The second-order valence-electron chi connectivity index (χ2n) is 5.05. The molecule has 2 heteroatoms. The highest BCUT2D eigenvalue weighted by Crippen LogP contribution is 2.30. The Labute approximate surface area is 93.8 Å². The first kappa shape index (κ1) is 12.7. The zero-order valence-corrected chi connectivity index (χ0v) is 10.3. The summed E-state index contributed by atoms with van der Waals surface area (Å²) in [5, 5.41) is 13.8. The van der Waals surface area contributed by atoms with Crippen LogP contribution < -0.4 is 5.32 Å². The van der Waals surface area contributed by atoms with Crippen molar-refractivity contribution in [3.8, 4) is 0 Å². The van der Waals surface area contributed by atoms with Crippen LogP contribution in [0, 0.1) is 0 Å². The summed E-state index contributed by atoms with van der Waals surface area (Å²) in [6.07, 6.45) is 7.22. The normalized spacial score (nSPS) is 31.3. The third kappa shape index (κ3) is 4.35. The van der Waals surface area contributed by atoms with Gasteiger partial charge in [-0.15, -0.1) is 0 Å². The van der Waals surface area contributed by atoms with Crippen molar-refractivity contribution in [3.05, 3.63) is 11.6 Å². The zero-order chi connectivity index (χ0) is 11.3. The van der Waals surface area contributed by atoms with Crippen molar-refractivity contribution in [2.45, 2.75) is 64.5 Å². The molecule has 0 radical (unpaired) electrons. The van der Waals surface area contributed by atoms with E-state index in [1.807, 2.05) is 6.08 Å². The molecule has 0 atom stereocenters. The molecule has 0 aliphatic heterocycles. The van der Waals surface area contributed by atoms with Crippen molar-refractivity contribution in [2.75, 3.05) is 6.54 Å². The SMILES string of the molecule is CCCNC1CCC(O)(C=C(C)C)CC1. The van der Waals surface area contributed by atoms with Crippen LogP contribution in [0.2, 0.25) is 0 Å². The average Bonchev–Trinajstić information content (AvgIpc) is 2.15. The summed E-state index contributed by atoms with van der Waals surface area (Å²) in [6.45, 7) is 7.40. The van der Waals surface area contributed by atoms with Gasteiger partial charge in [0.15, 0.2) is 0 Å². The van der Waals surface area contributed by atoms with Crippen LogP contribution in [0.3, 0.4) is 0 Å². The fourth-order valence-corrected chi connectivity index (χ4v) is 2.35. The summed E-state index contributed by atoms with van der Waals surface area (Å²) in [5.74, 6) is 0. The Morgan fingerprint density at radius 2 is 2.00 bits per heavy atom. The quantitative estimate of drug-likeness (QED) is 0.701. The van der Waals surface area contributed by atoms with Gasteiger partial charge in [-0.25, -0.2) is 0 Å². The van der Waals surface area contributed by atoms with E-state index in [0.717, 1.165) is 32.2 Å². The summed E-state index contributed by atoms with van der Waals surface area (Å²) >= 11 is 0. The largest absolute Gasteiger partial charge is 0.386 e. The lowest BCUT2D eigenvalue weighted by Gasteiger charge is -2.34. The van der Waals surface area contributed by atoms with Crippen molar-refractivity contribution in [2.24, 2.45) is 0 Å². The van der Waals surface area contributed by atoms with E-state index in [4.69, 9.17) is 0 Å². The van der Waals surface area contributed by atoms with E-state index in [0.29, 0.717) is 6.04 Å². The fraction of sp³-hybridized carbons (Fsp3) is 0.846. The molecule has 0 unspecified atom stereocenters. The highest BCUT2D eigenvalue weighted by atomic mass is 16.3. The molecule has 0 aromatic carbocycles. The third-order valence-electron chi connectivity index (χ3n) is 3.09. The van der Waals surface area contributed by atoms with E-state index < -0.39 is 5.60 Å². The predicted molar refractivity (Wildman–Crippen MR) is 64.9 cm³/mol. The Hall–Kier alpha value is -0.340. The highest BCUT2D eigenvalue weighted by molar-refractivity contribution is 5.08. The third-order valence-corrected chi connectivity index (χ3v) is 3.09. The van der Waals surface area contributed by atoms with Gasteiger partial charge in [-0.05, 0) is 52.5 Å². The van der Waals surface area contributed by atoms with Crippen molar-refractivity contribution < 1.29 is 5.11 Å². The molecule has 0 amide bonds. The topological polar surface area (TPSA) is 32.3 Å². The van der Waals surface area contributed by atoms with Crippen molar-refractivity contribution >= 4 is 0 Å². The minimum atomic E-state index is -0.525. The first-order valence-electron chi connectivity index (χ1n) is 6.17. The Morgan fingerprint density at radius 1 is 1.40 bits per heavy atom. The van der Waals surface area contributed by atoms with Gasteiger partial charge in [-0.2, -0.15) is 0 Å². The molecule has 0 spiro atoms. The molecule has 1 aliphatic carbocycles. The van der Waals surface area contributed by atoms with E-state index in [1.54, 1.807) is 0 Å². The molecule has 1 saturated carbocycles. The fourth-order valence-electron chi connectivity index (χ4n) is 2.35. The van der Waals surface area contributed by atoms with Crippen molar-refractivity contribution in [3.63, 3.8) is 0 Å². The monoisotopic (exact) mass is 211 g/mol. The number of rotatable bonds is 4. The van der Waals surface area contributed by atoms with Gasteiger partial charge in [0.1, 0.15) is 0 Å². The minimum Gasteiger partial charge on any atom is -0.386 e. The number of allylic oxidation sites excluding steroid dienone is 1. The Morgan fingerprint density at radius 3 is 2.47 bits per heavy atom. The smallest absolute Gasteiger partial charge is 0.0831 e. The van der Waals surface area contributed by atoms with Gasteiger partial charge in [0.05, 0.1) is 5.60 Å². The van der Waals surface area contributed by atoms with Gasteiger partial charge in [0, 0.05) is 6.04 Å². The summed E-state index contributed by atoms with van der Waals surface area (Å²) in [6, 6.07) is 0.621. The molecule has 1 aliphatic rings. The summed E-state index contributed by atoms with van der Waals surface area (Å²) < 4.78 is 0. The van der Waals surface area contributed by atoms with Gasteiger partial charge >= 0.3 is 0 Å². The maximum Gasteiger partial charge on any atom is 0.0831 e. The molecule has 0 bridgehead atoms.